The summed E-state index contributed by atoms with van der Waals surface area (Å²) in [5.74, 6) is 0.760. The van der Waals surface area contributed by atoms with Crippen LogP contribution in [0, 0.1) is 5.92 Å². The Morgan fingerprint density at radius 3 is 2.65 bits per heavy atom. The first-order valence-corrected chi connectivity index (χ1v) is 7.06. The highest BCUT2D eigenvalue weighted by atomic mass is 16.3. The van der Waals surface area contributed by atoms with Crippen molar-refractivity contribution in [1.82, 2.24) is 0 Å². The van der Waals surface area contributed by atoms with Gasteiger partial charge in [-0.15, -0.1) is 0 Å². The van der Waals surface area contributed by atoms with Crippen molar-refractivity contribution in [3.05, 3.63) is 35.9 Å². The molecule has 0 aliphatic heterocycles. The van der Waals surface area contributed by atoms with Crippen molar-refractivity contribution in [3.8, 4) is 0 Å². The molecule has 94 valence electrons. The third-order valence-corrected chi connectivity index (χ3v) is 3.93. The van der Waals surface area contributed by atoms with Gasteiger partial charge in [-0.3, -0.25) is 0 Å². The Morgan fingerprint density at radius 1 is 1.06 bits per heavy atom. The van der Waals surface area contributed by atoms with E-state index in [1.54, 1.807) is 0 Å². The number of benzene rings is 1. The lowest BCUT2D eigenvalue weighted by molar-refractivity contribution is 0.139. The lowest BCUT2D eigenvalue weighted by atomic mass is 9.92. The van der Waals surface area contributed by atoms with Crippen molar-refractivity contribution in [3.63, 3.8) is 0 Å². The molecule has 1 fully saturated rings. The molecule has 1 aromatic carbocycles. The minimum atomic E-state index is -0.0285. The molecule has 1 aliphatic carbocycles. The van der Waals surface area contributed by atoms with Gasteiger partial charge in [-0.2, -0.15) is 0 Å². The minimum Gasteiger partial charge on any atom is -0.393 e. The van der Waals surface area contributed by atoms with Gasteiger partial charge in [0, 0.05) is 0 Å². The zero-order valence-corrected chi connectivity index (χ0v) is 10.6. The van der Waals surface area contributed by atoms with Gasteiger partial charge >= 0.3 is 0 Å². The van der Waals surface area contributed by atoms with Crippen LogP contribution in [0.5, 0.6) is 0 Å². The summed E-state index contributed by atoms with van der Waals surface area (Å²) in [6, 6.07) is 10.7. The smallest absolute Gasteiger partial charge is 0.0542 e. The molecule has 0 radical (unpaired) electrons. The van der Waals surface area contributed by atoms with Gasteiger partial charge in [0.15, 0.2) is 0 Å². The van der Waals surface area contributed by atoms with Crippen LogP contribution in [-0.4, -0.2) is 11.2 Å². The molecule has 2 atom stereocenters. The normalized spacial score (nSPS) is 25.5. The average molecular weight is 232 g/mol. The average Bonchev–Trinajstić information content (AvgIpc) is 2.55. The van der Waals surface area contributed by atoms with Gasteiger partial charge in [-0.25, -0.2) is 0 Å². The second-order valence-corrected chi connectivity index (χ2v) is 5.42. The zero-order valence-electron chi connectivity index (χ0n) is 10.6. The van der Waals surface area contributed by atoms with Gasteiger partial charge in [-0.1, -0.05) is 56.0 Å². The van der Waals surface area contributed by atoms with Crippen molar-refractivity contribution >= 4 is 0 Å². The van der Waals surface area contributed by atoms with E-state index in [2.05, 4.69) is 30.3 Å². The monoisotopic (exact) mass is 232 g/mol. The Labute approximate surface area is 105 Å². The summed E-state index contributed by atoms with van der Waals surface area (Å²) in [6.45, 7) is 0. The molecule has 0 bridgehead atoms. The first kappa shape index (κ1) is 12.6. The quantitative estimate of drug-likeness (QED) is 0.779. The Balaban J connectivity index is 1.70. The summed E-state index contributed by atoms with van der Waals surface area (Å²) in [7, 11) is 0. The highest BCUT2D eigenvalue weighted by molar-refractivity contribution is 5.14. The highest BCUT2D eigenvalue weighted by Crippen LogP contribution is 2.27. The largest absolute Gasteiger partial charge is 0.393 e. The molecule has 1 saturated carbocycles. The van der Waals surface area contributed by atoms with E-state index in [1.807, 2.05) is 0 Å². The van der Waals surface area contributed by atoms with Crippen LogP contribution in [0.15, 0.2) is 30.3 Å². The van der Waals surface area contributed by atoms with Crippen LogP contribution in [-0.2, 0) is 6.42 Å². The zero-order chi connectivity index (χ0) is 11.9. The van der Waals surface area contributed by atoms with Crippen molar-refractivity contribution < 1.29 is 5.11 Å². The molecule has 0 heterocycles. The predicted octanol–water partition coefficient (Wildman–Crippen LogP) is 3.95. The Hall–Kier alpha value is -0.820. The van der Waals surface area contributed by atoms with Crippen LogP contribution >= 0.6 is 0 Å². The van der Waals surface area contributed by atoms with Gasteiger partial charge < -0.3 is 5.11 Å². The fourth-order valence-electron chi connectivity index (χ4n) is 2.94. The van der Waals surface area contributed by atoms with Crippen molar-refractivity contribution in [1.29, 1.82) is 0 Å². The number of aliphatic hydroxyl groups excluding tert-OH is 1. The third-order valence-electron chi connectivity index (χ3n) is 3.93. The van der Waals surface area contributed by atoms with Crippen molar-refractivity contribution in [2.24, 2.45) is 5.92 Å². The first-order valence-electron chi connectivity index (χ1n) is 7.06. The molecule has 0 aromatic heterocycles. The molecule has 1 nitrogen and oxygen atoms in total. The maximum Gasteiger partial charge on any atom is 0.0542 e. The summed E-state index contributed by atoms with van der Waals surface area (Å²) in [5.41, 5.74) is 1.45. The van der Waals surface area contributed by atoms with Crippen LogP contribution in [0.25, 0.3) is 0 Å². The lowest BCUT2D eigenvalue weighted by Gasteiger charge is -2.16. The van der Waals surface area contributed by atoms with E-state index in [0.717, 1.165) is 18.8 Å². The van der Waals surface area contributed by atoms with E-state index in [-0.39, 0.29) is 6.10 Å². The van der Waals surface area contributed by atoms with Crippen LogP contribution in [0.2, 0.25) is 0 Å². The molecule has 17 heavy (non-hydrogen) atoms. The molecule has 0 amide bonds. The fraction of sp³-hybridized carbons (Fsp3) is 0.625. The molecular formula is C16H24O. The molecule has 2 rings (SSSR count). The Morgan fingerprint density at radius 2 is 1.82 bits per heavy atom. The molecule has 1 aliphatic rings. The van der Waals surface area contributed by atoms with Crippen LogP contribution in [0.1, 0.15) is 50.5 Å². The van der Waals surface area contributed by atoms with E-state index in [9.17, 15) is 5.11 Å². The van der Waals surface area contributed by atoms with Crippen LogP contribution < -0.4 is 0 Å². The number of rotatable bonds is 4. The van der Waals surface area contributed by atoms with E-state index < -0.39 is 0 Å². The van der Waals surface area contributed by atoms with E-state index in [0.29, 0.717) is 0 Å². The first-order chi connectivity index (χ1) is 8.34. The van der Waals surface area contributed by atoms with Gasteiger partial charge in [-0.05, 0) is 37.2 Å². The molecular weight excluding hydrogens is 208 g/mol. The molecule has 0 spiro atoms. The molecule has 0 saturated heterocycles. The summed E-state index contributed by atoms with van der Waals surface area (Å²) in [4.78, 5) is 0. The maximum atomic E-state index is 9.78. The standard InChI is InChI=1S/C16H24O/c17-16-12-5-4-9-15(13-16)11-6-10-14-7-2-1-3-8-14/h1-3,7-8,15-17H,4-6,9-13H2. The summed E-state index contributed by atoms with van der Waals surface area (Å²) < 4.78 is 0. The van der Waals surface area contributed by atoms with Crippen molar-refractivity contribution in [2.75, 3.05) is 0 Å². The van der Waals surface area contributed by atoms with E-state index in [4.69, 9.17) is 0 Å². The SMILES string of the molecule is OC1CCCCC(CCCc2ccccc2)C1. The van der Waals surface area contributed by atoms with E-state index in [1.165, 1.54) is 44.1 Å². The summed E-state index contributed by atoms with van der Waals surface area (Å²) >= 11 is 0. The Kier molecular flexibility index (Phi) is 5.06. The number of hydrogen-bond donors (Lipinski definition) is 1. The van der Waals surface area contributed by atoms with Crippen molar-refractivity contribution in [2.45, 2.75) is 57.5 Å². The number of hydrogen-bond acceptors (Lipinski definition) is 1. The van der Waals surface area contributed by atoms with Crippen LogP contribution in [0.4, 0.5) is 0 Å². The topological polar surface area (TPSA) is 20.2 Å². The molecule has 1 aromatic rings. The molecule has 1 heteroatoms. The fourth-order valence-corrected chi connectivity index (χ4v) is 2.94. The minimum absolute atomic E-state index is 0.0285. The number of aryl methyl sites for hydroxylation is 1. The lowest BCUT2D eigenvalue weighted by Crippen LogP contribution is -2.10. The van der Waals surface area contributed by atoms with Gasteiger partial charge in [0.2, 0.25) is 0 Å². The van der Waals surface area contributed by atoms with E-state index >= 15 is 0 Å². The molecule has 1 N–H and O–H groups in total. The maximum absolute atomic E-state index is 9.78. The predicted molar refractivity (Wildman–Crippen MR) is 72.0 cm³/mol. The van der Waals surface area contributed by atoms with Crippen LogP contribution in [0.3, 0.4) is 0 Å². The van der Waals surface area contributed by atoms with Gasteiger partial charge in [0.05, 0.1) is 6.10 Å². The second-order valence-electron chi connectivity index (χ2n) is 5.42. The van der Waals surface area contributed by atoms with Gasteiger partial charge in [0.25, 0.3) is 0 Å². The summed E-state index contributed by atoms with van der Waals surface area (Å²) in [6.07, 6.45) is 9.62. The number of aliphatic hydroxyl groups is 1. The van der Waals surface area contributed by atoms with Gasteiger partial charge in [0.1, 0.15) is 0 Å². The Bertz CT molecular complexity index is 307. The second kappa shape index (κ2) is 6.80. The summed E-state index contributed by atoms with van der Waals surface area (Å²) in [5, 5.41) is 9.78. The third kappa shape index (κ3) is 4.51. The highest BCUT2D eigenvalue weighted by Gasteiger charge is 2.17. The molecule has 2 unspecified atom stereocenters.